The third-order valence-electron chi connectivity index (χ3n) is 5.18. The summed E-state index contributed by atoms with van der Waals surface area (Å²) in [4.78, 5) is 9.03. The van der Waals surface area contributed by atoms with E-state index in [0.29, 0.717) is 19.0 Å². The summed E-state index contributed by atoms with van der Waals surface area (Å²) in [6, 6.07) is 3.93. The molecule has 158 valence electrons. The lowest BCUT2D eigenvalue weighted by Gasteiger charge is -2.27. The topological polar surface area (TPSA) is 88.0 Å². The highest BCUT2D eigenvalue weighted by atomic mass is 127. The first kappa shape index (κ1) is 23.2. The van der Waals surface area contributed by atoms with Gasteiger partial charge in [-0.15, -0.1) is 24.0 Å². The zero-order chi connectivity index (χ0) is 19.0. The molecular weight excluding hydrogens is 471 g/mol. The van der Waals surface area contributed by atoms with Gasteiger partial charge in [-0.05, 0) is 44.1 Å². The number of rotatable bonds is 10. The van der Waals surface area contributed by atoms with Gasteiger partial charge >= 0.3 is 0 Å². The lowest BCUT2D eigenvalue weighted by atomic mass is 9.84. The van der Waals surface area contributed by atoms with Crippen LogP contribution in [0.1, 0.15) is 38.2 Å². The largest absolute Gasteiger partial charge is 0.477 e. The second-order valence-corrected chi connectivity index (χ2v) is 7.58. The zero-order valence-corrected chi connectivity index (χ0v) is 19.0. The lowest BCUT2D eigenvalue weighted by Crippen LogP contribution is -2.44. The molecule has 2 aliphatic rings. The number of halogens is 1. The Balaban J connectivity index is 0.00000280. The van der Waals surface area contributed by atoms with Crippen molar-refractivity contribution in [2.24, 2.45) is 16.3 Å². The van der Waals surface area contributed by atoms with Gasteiger partial charge in [0.05, 0.1) is 19.8 Å². The maximum absolute atomic E-state index is 9.36. The number of ether oxygens (including phenoxy) is 2. The number of aliphatic imine (C=N–C) groups is 1. The van der Waals surface area contributed by atoms with Crippen LogP contribution in [0, 0.1) is 11.3 Å². The van der Waals surface area contributed by atoms with E-state index in [4.69, 9.17) is 9.47 Å². The molecule has 0 spiro atoms. The van der Waals surface area contributed by atoms with Crippen molar-refractivity contribution in [1.29, 1.82) is 0 Å². The molecule has 1 saturated carbocycles. The maximum atomic E-state index is 9.36. The number of aliphatic hydroxyl groups is 1. The number of hydrogen-bond donors (Lipinski definition) is 3. The predicted molar refractivity (Wildman–Crippen MR) is 120 cm³/mol. The molecule has 0 bridgehead atoms. The van der Waals surface area contributed by atoms with Gasteiger partial charge in [-0.25, -0.2) is 9.98 Å². The number of guanidine groups is 1. The number of nitrogens with one attached hydrogen (secondary N) is 2. The number of nitrogens with zero attached hydrogens (tertiary/aromatic N) is 2. The molecule has 8 heteroatoms. The minimum Gasteiger partial charge on any atom is -0.477 e. The Morgan fingerprint density at radius 2 is 2.25 bits per heavy atom. The zero-order valence-electron chi connectivity index (χ0n) is 16.7. The first-order chi connectivity index (χ1) is 13.2. The average molecular weight is 504 g/mol. The van der Waals surface area contributed by atoms with E-state index in [2.05, 4.69) is 20.6 Å². The van der Waals surface area contributed by atoms with E-state index in [9.17, 15) is 5.11 Å². The fourth-order valence-electron chi connectivity index (χ4n) is 3.17. The summed E-state index contributed by atoms with van der Waals surface area (Å²) < 4.78 is 11.2. The third kappa shape index (κ3) is 7.36. The number of hydrogen-bond acceptors (Lipinski definition) is 5. The van der Waals surface area contributed by atoms with Gasteiger partial charge in [-0.1, -0.05) is 6.07 Å². The summed E-state index contributed by atoms with van der Waals surface area (Å²) in [7, 11) is 0. The van der Waals surface area contributed by atoms with E-state index in [1.54, 1.807) is 0 Å². The van der Waals surface area contributed by atoms with E-state index < -0.39 is 0 Å². The molecule has 1 aromatic heterocycles. The minimum atomic E-state index is -0.00690. The third-order valence-corrected chi connectivity index (χ3v) is 5.18. The van der Waals surface area contributed by atoms with Gasteiger partial charge in [0.25, 0.3) is 0 Å². The van der Waals surface area contributed by atoms with Crippen LogP contribution in [-0.2, 0) is 11.3 Å². The Hall–Kier alpha value is -1.13. The summed E-state index contributed by atoms with van der Waals surface area (Å²) in [5, 5.41) is 16.1. The van der Waals surface area contributed by atoms with Crippen molar-refractivity contribution < 1.29 is 14.6 Å². The van der Waals surface area contributed by atoms with Crippen molar-refractivity contribution in [3.63, 3.8) is 0 Å². The predicted octanol–water partition coefficient (Wildman–Crippen LogP) is 2.33. The monoisotopic (exact) mass is 504 g/mol. The molecule has 1 atom stereocenters. The summed E-state index contributed by atoms with van der Waals surface area (Å²) in [6.07, 6.45) is 6.09. The highest BCUT2D eigenvalue weighted by molar-refractivity contribution is 14.0. The normalized spacial score (nSPS) is 21.9. The quantitative estimate of drug-likeness (QED) is 0.258. The Morgan fingerprint density at radius 1 is 1.39 bits per heavy atom. The van der Waals surface area contributed by atoms with E-state index in [1.165, 1.54) is 12.8 Å². The highest BCUT2D eigenvalue weighted by Crippen LogP contribution is 2.31. The van der Waals surface area contributed by atoms with Crippen LogP contribution in [-0.4, -0.2) is 55.6 Å². The van der Waals surface area contributed by atoms with Crippen LogP contribution in [0.3, 0.4) is 0 Å². The van der Waals surface area contributed by atoms with E-state index >= 15 is 0 Å². The molecule has 1 saturated heterocycles. The van der Waals surface area contributed by atoms with Crippen LogP contribution >= 0.6 is 24.0 Å². The average Bonchev–Trinajstić information content (AvgIpc) is 3.41. The molecule has 2 fully saturated rings. The summed E-state index contributed by atoms with van der Waals surface area (Å²) in [6.45, 7) is 6.54. The fraction of sp³-hybridized carbons (Fsp3) is 0.700. The summed E-state index contributed by atoms with van der Waals surface area (Å²) in [5.74, 6) is 2.19. The molecule has 0 radical (unpaired) electrons. The summed E-state index contributed by atoms with van der Waals surface area (Å²) >= 11 is 0. The Kier molecular flexibility index (Phi) is 9.73. The van der Waals surface area contributed by atoms with Crippen LogP contribution in [0.15, 0.2) is 23.3 Å². The smallest absolute Gasteiger partial charge is 0.213 e. The molecule has 1 unspecified atom stereocenters. The Labute approximate surface area is 184 Å². The molecule has 2 heterocycles. The van der Waals surface area contributed by atoms with Gasteiger partial charge < -0.3 is 25.2 Å². The van der Waals surface area contributed by atoms with Gasteiger partial charge in [-0.3, -0.25) is 0 Å². The maximum Gasteiger partial charge on any atom is 0.213 e. The van der Waals surface area contributed by atoms with Crippen LogP contribution in [0.25, 0.3) is 0 Å². The molecule has 7 nitrogen and oxygen atoms in total. The first-order valence-electron chi connectivity index (χ1n) is 10.0. The van der Waals surface area contributed by atoms with Gasteiger partial charge in [0.1, 0.15) is 0 Å². The number of aliphatic hydroxyl groups excluding tert-OH is 1. The van der Waals surface area contributed by atoms with Crippen LogP contribution in [0.4, 0.5) is 0 Å². The first-order valence-corrected chi connectivity index (χ1v) is 10.0. The molecular formula is C20H33IN4O3. The molecule has 28 heavy (non-hydrogen) atoms. The fourth-order valence-corrected chi connectivity index (χ4v) is 3.17. The van der Waals surface area contributed by atoms with Crippen molar-refractivity contribution in [3.8, 4) is 5.88 Å². The van der Waals surface area contributed by atoms with Crippen molar-refractivity contribution in [3.05, 3.63) is 23.9 Å². The second kappa shape index (κ2) is 11.8. The SMILES string of the molecule is CCNC(=NCc1ccc(OCC2CC2)nc1)NCC1(CCO)CCOC1.I. The standard InChI is InChI=1S/C20H32N4O3.HI/c1-2-21-19(24-14-20(7-9-25)8-10-26-15-20)23-12-17-5-6-18(22-11-17)27-13-16-3-4-16;/h5-6,11,16,25H,2-4,7-10,12-15H2,1H3,(H2,21,23,24);1H. The molecule has 0 aromatic carbocycles. The van der Waals surface area contributed by atoms with Gasteiger partial charge in [0.2, 0.25) is 5.88 Å². The minimum absolute atomic E-state index is 0. The van der Waals surface area contributed by atoms with Crippen molar-refractivity contribution in [1.82, 2.24) is 15.6 Å². The van der Waals surface area contributed by atoms with Crippen molar-refractivity contribution in [2.45, 2.75) is 39.2 Å². The molecule has 1 aliphatic heterocycles. The second-order valence-electron chi connectivity index (χ2n) is 7.58. The summed E-state index contributed by atoms with van der Waals surface area (Å²) in [5.41, 5.74) is 1.03. The van der Waals surface area contributed by atoms with Crippen LogP contribution in [0.5, 0.6) is 5.88 Å². The van der Waals surface area contributed by atoms with Gasteiger partial charge in [0.15, 0.2) is 5.96 Å². The van der Waals surface area contributed by atoms with E-state index in [-0.39, 0.29) is 36.0 Å². The Bertz CT molecular complexity index is 602. The number of pyridine rings is 1. The van der Waals surface area contributed by atoms with Crippen molar-refractivity contribution in [2.75, 3.05) is 39.5 Å². The van der Waals surface area contributed by atoms with Crippen LogP contribution < -0.4 is 15.4 Å². The molecule has 1 aromatic rings. The molecule has 3 N–H and O–H groups in total. The van der Waals surface area contributed by atoms with Crippen molar-refractivity contribution >= 4 is 29.9 Å². The van der Waals surface area contributed by atoms with E-state index in [1.807, 2.05) is 25.3 Å². The Morgan fingerprint density at radius 3 is 2.86 bits per heavy atom. The molecule has 0 amide bonds. The molecule has 1 aliphatic carbocycles. The molecule has 3 rings (SSSR count). The number of aromatic nitrogens is 1. The highest BCUT2D eigenvalue weighted by Gasteiger charge is 2.34. The van der Waals surface area contributed by atoms with Gasteiger partial charge in [0, 0.05) is 44.0 Å². The van der Waals surface area contributed by atoms with Crippen LogP contribution in [0.2, 0.25) is 0 Å². The lowest BCUT2D eigenvalue weighted by molar-refractivity contribution is 0.127. The van der Waals surface area contributed by atoms with E-state index in [0.717, 1.165) is 56.6 Å². The van der Waals surface area contributed by atoms with Gasteiger partial charge in [-0.2, -0.15) is 0 Å².